The van der Waals surface area contributed by atoms with E-state index >= 15 is 0 Å². The third-order valence-electron chi connectivity index (χ3n) is 4.89. The van der Waals surface area contributed by atoms with Gasteiger partial charge in [-0.1, -0.05) is 49.0 Å². The fourth-order valence-corrected chi connectivity index (χ4v) is 2.83. The van der Waals surface area contributed by atoms with Gasteiger partial charge >= 0.3 is 0 Å². The summed E-state index contributed by atoms with van der Waals surface area (Å²) in [6.07, 6.45) is 6.58. The first-order chi connectivity index (χ1) is 16.9. The number of rotatable bonds is 10. The lowest BCUT2D eigenvalue weighted by molar-refractivity contribution is -0.112. The lowest BCUT2D eigenvalue weighted by atomic mass is 10.1. The molecule has 2 aromatic rings. The second-order valence-electron chi connectivity index (χ2n) is 7.37. The van der Waals surface area contributed by atoms with Crippen LogP contribution in [-0.2, 0) is 11.3 Å². The Morgan fingerprint density at radius 2 is 1.74 bits per heavy atom. The molecule has 6 N–H and O–H groups in total. The zero-order chi connectivity index (χ0) is 25.6. The fraction of sp³-hybridized carbons (Fsp3) is 0.111. The minimum Gasteiger partial charge on any atom is -0.515 e. The summed E-state index contributed by atoms with van der Waals surface area (Å²) in [5.41, 5.74) is 16.1. The molecule has 35 heavy (non-hydrogen) atoms. The molecule has 0 aliphatic carbocycles. The fourth-order valence-electron chi connectivity index (χ4n) is 2.83. The molecule has 8 heteroatoms. The van der Waals surface area contributed by atoms with Gasteiger partial charge in [0.25, 0.3) is 5.91 Å². The van der Waals surface area contributed by atoms with Gasteiger partial charge in [0.2, 0.25) is 0 Å². The largest absolute Gasteiger partial charge is 0.515 e. The molecule has 2 aromatic carbocycles. The number of hydrogen-bond donors (Lipinski definition) is 4. The maximum Gasteiger partial charge on any atom is 0.260 e. The lowest BCUT2D eigenvalue weighted by Crippen LogP contribution is -2.15. The van der Waals surface area contributed by atoms with Crippen molar-refractivity contribution in [3.8, 4) is 0 Å². The molecule has 1 amide bonds. The third-order valence-corrected chi connectivity index (χ3v) is 4.89. The first-order valence-corrected chi connectivity index (χ1v) is 10.7. The Hall–Kier alpha value is -4.72. The summed E-state index contributed by atoms with van der Waals surface area (Å²) in [5.74, 6) is -0.167. The molecular weight excluding hydrogens is 440 g/mol. The highest BCUT2D eigenvalue weighted by atomic mass is 16.2. The van der Waals surface area contributed by atoms with Crippen molar-refractivity contribution < 1.29 is 9.90 Å². The molecule has 8 nitrogen and oxygen atoms in total. The van der Waals surface area contributed by atoms with Crippen molar-refractivity contribution >= 4 is 35.8 Å². The van der Waals surface area contributed by atoms with Gasteiger partial charge in [0.05, 0.1) is 18.4 Å². The van der Waals surface area contributed by atoms with Gasteiger partial charge in [0.15, 0.2) is 0 Å². The van der Waals surface area contributed by atoms with E-state index in [4.69, 9.17) is 11.5 Å². The Kier molecular flexibility index (Phi) is 10.4. The van der Waals surface area contributed by atoms with Gasteiger partial charge in [-0.3, -0.25) is 14.8 Å². The van der Waals surface area contributed by atoms with E-state index in [-0.39, 0.29) is 5.57 Å². The number of carbonyl (C=O) groups excluding carboxylic acids is 1. The summed E-state index contributed by atoms with van der Waals surface area (Å²) in [5, 5.41) is 12.2. The van der Waals surface area contributed by atoms with Crippen molar-refractivity contribution in [1.29, 1.82) is 0 Å². The highest BCUT2D eigenvalue weighted by Crippen LogP contribution is 2.19. The second-order valence-corrected chi connectivity index (χ2v) is 7.37. The molecule has 0 bridgehead atoms. The molecule has 0 aromatic heterocycles. The summed E-state index contributed by atoms with van der Waals surface area (Å²) < 4.78 is 0. The number of carbonyl (C=O) groups is 1. The number of nitrogens with two attached hydrogens (primary N) is 2. The van der Waals surface area contributed by atoms with Crippen LogP contribution in [0.25, 0.3) is 5.57 Å². The smallest absolute Gasteiger partial charge is 0.260 e. The van der Waals surface area contributed by atoms with Gasteiger partial charge in [-0.2, -0.15) is 0 Å². The van der Waals surface area contributed by atoms with Crippen LogP contribution in [0.3, 0.4) is 0 Å². The minimum atomic E-state index is -0.480. The molecule has 2 rings (SSSR count). The van der Waals surface area contributed by atoms with E-state index in [0.717, 1.165) is 23.0 Å². The molecule has 0 heterocycles. The first-order valence-electron chi connectivity index (χ1n) is 10.7. The average Bonchev–Trinajstić information content (AvgIpc) is 2.88. The monoisotopic (exact) mass is 470 g/mol. The number of nitrogens with zero attached hydrogens (tertiary/aromatic N) is 3. The van der Waals surface area contributed by atoms with Gasteiger partial charge in [-0.25, -0.2) is 4.99 Å². The zero-order valence-corrected chi connectivity index (χ0v) is 19.8. The Morgan fingerprint density at radius 3 is 2.34 bits per heavy atom. The quantitative estimate of drug-likeness (QED) is 0.179. The number of anilines is 1. The molecule has 0 spiro atoms. The van der Waals surface area contributed by atoms with Crippen molar-refractivity contribution in [2.24, 2.45) is 26.4 Å². The van der Waals surface area contributed by atoms with E-state index in [2.05, 4.69) is 26.9 Å². The van der Waals surface area contributed by atoms with Crippen LogP contribution in [0.5, 0.6) is 0 Å². The van der Waals surface area contributed by atoms with Crippen LogP contribution >= 0.6 is 0 Å². The molecule has 0 fully saturated rings. The Balaban J connectivity index is 2.03. The summed E-state index contributed by atoms with van der Waals surface area (Å²) in [7, 11) is 1.64. The van der Waals surface area contributed by atoms with Crippen molar-refractivity contribution in [2.45, 2.75) is 13.5 Å². The van der Waals surface area contributed by atoms with Crippen molar-refractivity contribution in [2.75, 3.05) is 12.4 Å². The number of allylic oxidation sites excluding steroid dienone is 3. The summed E-state index contributed by atoms with van der Waals surface area (Å²) in [4.78, 5) is 24.9. The molecule has 0 aliphatic rings. The molecule has 180 valence electrons. The number of nitrogens with one attached hydrogen (secondary N) is 1. The standard InChI is InChI=1S/C27H30N6O2/c1-19(23(13-28)16-30-3)14-32-26(29)20(2)22-9-11-25(12-10-22)33-27(35)24(18-34)17-31-15-21-7-5-4-6-8-21/h4-14,16-18,34H,1,15,28-29H2,2-3H3,(H,33,35)/b23-13+,24-18-,26-20+,30-16?,31-17?,32-14-. The predicted octanol–water partition coefficient (Wildman–Crippen LogP) is 4.16. The van der Waals surface area contributed by atoms with Gasteiger partial charge in [-0.15, -0.1) is 0 Å². The number of benzene rings is 2. The van der Waals surface area contributed by atoms with E-state index in [1.165, 1.54) is 18.6 Å². The molecule has 0 radical (unpaired) electrons. The van der Waals surface area contributed by atoms with E-state index in [1.807, 2.05) is 49.4 Å². The van der Waals surface area contributed by atoms with E-state index < -0.39 is 5.91 Å². The van der Waals surface area contributed by atoms with Crippen LogP contribution in [0, 0.1) is 0 Å². The van der Waals surface area contributed by atoms with Crippen LogP contribution in [0.1, 0.15) is 18.1 Å². The minimum absolute atomic E-state index is 0.0407. The van der Waals surface area contributed by atoms with Gasteiger partial charge < -0.3 is 21.9 Å². The Morgan fingerprint density at radius 1 is 1.06 bits per heavy atom. The summed E-state index contributed by atoms with van der Waals surface area (Å²) >= 11 is 0. The lowest BCUT2D eigenvalue weighted by Gasteiger charge is -2.08. The number of aliphatic imine (C=N–C) groups is 3. The van der Waals surface area contributed by atoms with Gasteiger partial charge in [-0.05, 0) is 41.3 Å². The predicted molar refractivity (Wildman–Crippen MR) is 146 cm³/mol. The van der Waals surface area contributed by atoms with Gasteiger partial charge in [0.1, 0.15) is 5.82 Å². The second kappa shape index (κ2) is 13.7. The molecule has 0 aliphatic heterocycles. The van der Waals surface area contributed by atoms with Crippen LogP contribution in [0.15, 0.2) is 111 Å². The molecular formula is C27H30N6O2. The van der Waals surface area contributed by atoms with Crippen LogP contribution < -0.4 is 16.8 Å². The molecule has 0 saturated carbocycles. The zero-order valence-electron chi connectivity index (χ0n) is 19.8. The Bertz CT molecular complexity index is 1200. The van der Waals surface area contributed by atoms with Crippen molar-refractivity contribution in [3.05, 3.63) is 107 Å². The maximum absolute atomic E-state index is 12.5. The molecule has 0 unspecified atom stereocenters. The normalized spacial score (nSPS) is 13.4. The van der Waals surface area contributed by atoms with E-state index in [1.54, 1.807) is 25.4 Å². The van der Waals surface area contributed by atoms with Crippen molar-refractivity contribution in [3.63, 3.8) is 0 Å². The number of aliphatic hydroxyl groups is 1. The van der Waals surface area contributed by atoms with Crippen LogP contribution in [-0.4, -0.2) is 36.7 Å². The summed E-state index contributed by atoms with van der Waals surface area (Å²) in [6, 6.07) is 16.7. The first kappa shape index (κ1) is 26.5. The molecule has 0 saturated heterocycles. The highest BCUT2D eigenvalue weighted by molar-refractivity contribution is 6.17. The number of amides is 1. The number of aliphatic hydroxyl groups excluding tert-OH is 1. The third kappa shape index (κ3) is 8.29. The Labute approximate surface area is 205 Å². The highest BCUT2D eigenvalue weighted by Gasteiger charge is 2.09. The van der Waals surface area contributed by atoms with Gasteiger partial charge in [0, 0.05) is 43.2 Å². The molecule has 0 atom stereocenters. The summed E-state index contributed by atoms with van der Waals surface area (Å²) in [6.45, 7) is 6.15. The van der Waals surface area contributed by atoms with E-state index in [0.29, 0.717) is 29.2 Å². The number of hydrogen-bond acceptors (Lipinski definition) is 7. The average molecular weight is 471 g/mol. The van der Waals surface area contributed by atoms with Crippen molar-refractivity contribution in [1.82, 2.24) is 0 Å². The van der Waals surface area contributed by atoms with Crippen LogP contribution in [0.2, 0.25) is 0 Å². The topological polar surface area (TPSA) is 138 Å². The van der Waals surface area contributed by atoms with Crippen LogP contribution in [0.4, 0.5) is 5.69 Å². The SMILES string of the molecule is C=C(/C=N\C(N)=C(/C)c1ccc(NC(=O)/C(C=NCc2ccccc2)=C\O)cc1)/C(C=NC)=C/N. The van der Waals surface area contributed by atoms with E-state index in [9.17, 15) is 9.90 Å². The maximum atomic E-state index is 12.5.